The zero-order chi connectivity index (χ0) is 36.2. The first-order chi connectivity index (χ1) is 23.2. The number of nitrogens with two attached hydrogens (primary N) is 1. The fourth-order valence-corrected chi connectivity index (χ4v) is 4.44. The van der Waals surface area contributed by atoms with Gasteiger partial charge in [0.1, 0.15) is 5.84 Å². The highest BCUT2D eigenvalue weighted by atomic mass is 16.5. The smallest absolute Gasteiger partial charge is 0.134 e. The van der Waals surface area contributed by atoms with E-state index in [0.717, 1.165) is 84.0 Å². The lowest BCUT2D eigenvalue weighted by Gasteiger charge is -2.32. The monoisotopic (exact) mass is 667 g/mol. The van der Waals surface area contributed by atoms with Crippen LogP contribution in [0.4, 0.5) is 0 Å². The molecule has 0 saturated carbocycles. The summed E-state index contributed by atoms with van der Waals surface area (Å²) in [6, 6.07) is 8.91. The van der Waals surface area contributed by atoms with Gasteiger partial charge in [0.25, 0.3) is 0 Å². The van der Waals surface area contributed by atoms with E-state index in [1.807, 2.05) is 40.8 Å². The van der Waals surface area contributed by atoms with Crippen molar-refractivity contribution in [1.29, 1.82) is 0 Å². The Bertz CT molecular complexity index is 1130. The number of nitrogens with zero attached hydrogens (tertiary/aromatic N) is 7. The van der Waals surface area contributed by atoms with Gasteiger partial charge in [-0.1, -0.05) is 83.5 Å². The van der Waals surface area contributed by atoms with Gasteiger partial charge < -0.3 is 14.5 Å². The van der Waals surface area contributed by atoms with Gasteiger partial charge in [0.05, 0.1) is 18.5 Å². The van der Waals surface area contributed by atoms with Gasteiger partial charge in [-0.05, 0) is 83.4 Å². The second-order valence-corrected chi connectivity index (χ2v) is 11.7. The molecule has 2 aliphatic rings. The van der Waals surface area contributed by atoms with Gasteiger partial charge in [0.15, 0.2) is 0 Å². The van der Waals surface area contributed by atoms with Crippen LogP contribution in [-0.4, -0.2) is 111 Å². The fourth-order valence-electron chi connectivity index (χ4n) is 4.44. The Morgan fingerprint density at radius 3 is 2.27 bits per heavy atom. The third kappa shape index (κ3) is 21.1. The summed E-state index contributed by atoms with van der Waals surface area (Å²) in [5.74, 6) is 6.72. The molecule has 2 N–H and O–H groups in total. The van der Waals surface area contributed by atoms with Crippen LogP contribution in [0.2, 0.25) is 0 Å². The molecule has 3 rings (SSSR count). The first-order valence-corrected chi connectivity index (χ1v) is 18.1. The number of hydrogen-bond acceptors (Lipinski definition) is 8. The van der Waals surface area contributed by atoms with Gasteiger partial charge in [-0.15, -0.1) is 0 Å². The van der Waals surface area contributed by atoms with Crippen molar-refractivity contribution in [2.24, 2.45) is 20.9 Å². The number of hydrogen-bond donors (Lipinski definition) is 1. The molecule has 1 fully saturated rings. The first kappa shape index (κ1) is 45.0. The Morgan fingerprint density at radius 2 is 1.67 bits per heavy atom. The largest absolute Gasteiger partial charge is 0.380 e. The Labute approximate surface area is 295 Å². The predicted molar refractivity (Wildman–Crippen MR) is 212 cm³/mol. The second kappa shape index (κ2) is 29.0. The summed E-state index contributed by atoms with van der Waals surface area (Å²) >= 11 is 0. The zero-order valence-corrected chi connectivity index (χ0v) is 32.5. The second-order valence-electron chi connectivity index (χ2n) is 11.7. The zero-order valence-electron chi connectivity index (χ0n) is 32.5. The number of rotatable bonds is 14. The maximum atomic E-state index is 6.05. The van der Waals surface area contributed by atoms with Crippen molar-refractivity contribution in [1.82, 2.24) is 19.8 Å². The van der Waals surface area contributed by atoms with Gasteiger partial charge in [-0.25, -0.2) is 5.84 Å². The average molecular weight is 667 g/mol. The minimum atomic E-state index is 0.670. The minimum Gasteiger partial charge on any atom is -0.380 e. The molecule has 0 bridgehead atoms. The van der Waals surface area contributed by atoms with Crippen LogP contribution in [-0.2, 0) is 11.3 Å². The number of benzene rings is 1. The molecule has 1 aromatic carbocycles. The number of aliphatic imine (C=N–C) groups is 2. The normalized spacial score (nSPS) is 15.2. The Balaban J connectivity index is 0.00000134. The van der Waals surface area contributed by atoms with E-state index < -0.39 is 0 Å². The molecule has 0 radical (unpaired) electrons. The topological polar surface area (TPSA) is 85.3 Å². The number of allylic oxidation sites excluding steroid dienone is 4. The van der Waals surface area contributed by atoms with Crippen LogP contribution in [0.15, 0.2) is 69.4 Å². The molecule has 0 atom stereocenters. The first-order valence-electron chi connectivity index (χ1n) is 18.1. The molecule has 0 unspecified atom stereocenters. The van der Waals surface area contributed by atoms with Crippen LogP contribution >= 0.6 is 0 Å². The lowest BCUT2D eigenvalue weighted by Crippen LogP contribution is -2.43. The number of amidine groups is 1. The van der Waals surface area contributed by atoms with Gasteiger partial charge in [-0.3, -0.25) is 14.9 Å². The van der Waals surface area contributed by atoms with E-state index in [1.165, 1.54) is 27.4 Å². The molecule has 2 heterocycles. The molecule has 1 aromatic rings. The Morgan fingerprint density at radius 1 is 1.00 bits per heavy atom. The Hall–Kier alpha value is -2.95. The van der Waals surface area contributed by atoms with E-state index in [9.17, 15) is 0 Å². The molecule has 9 nitrogen and oxygen atoms in total. The number of ether oxygens (including phenoxy) is 1. The SMILES string of the molecule is CC.CC.CC(C)=CCCN=C(C)N(N)/N=C/C1=NC=CCC(c2ccc(CN3CCN(C)CC3)cc2)=C1.CCCOCCN(C)CC. The van der Waals surface area contributed by atoms with E-state index in [0.29, 0.717) is 12.4 Å². The van der Waals surface area contributed by atoms with Crippen molar-refractivity contribution in [3.63, 3.8) is 0 Å². The maximum Gasteiger partial charge on any atom is 0.134 e. The third-order valence-corrected chi connectivity index (χ3v) is 7.49. The highest BCUT2D eigenvalue weighted by molar-refractivity contribution is 6.37. The molecule has 48 heavy (non-hydrogen) atoms. The standard InChI is InChI=1S/C27H39N7.C8H19NO.2C2H6/c1-22(2)7-5-13-29-23(3)34(28)31-20-27-19-26(8-6-14-30-27)25-11-9-24(10-12-25)21-33-17-15-32(4)16-18-33;1-4-7-10-8-6-9(3)5-2;2*1-2/h6-7,9-12,14,19-20H,5,8,13,15-18,21,28H2,1-4H3;4-8H2,1-3H3;2*1-2H3/b29-23?,31-20+;;;. The third-order valence-electron chi connectivity index (χ3n) is 7.49. The van der Waals surface area contributed by atoms with Crippen LogP contribution in [0, 0.1) is 0 Å². The molecule has 272 valence electrons. The van der Waals surface area contributed by atoms with E-state index in [4.69, 9.17) is 10.6 Å². The molecule has 9 heteroatoms. The minimum absolute atomic E-state index is 0.670. The van der Waals surface area contributed by atoms with Gasteiger partial charge in [0, 0.05) is 58.6 Å². The van der Waals surface area contributed by atoms with Crippen molar-refractivity contribution >= 4 is 23.3 Å². The summed E-state index contributed by atoms with van der Waals surface area (Å²) in [6.07, 6.45) is 12.7. The summed E-state index contributed by atoms with van der Waals surface area (Å²) in [5.41, 5.74) is 5.82. The van der Waals surface area contributed by atoms with E-state index >= 15 is 0 Å². The summed E-state index contributed by atoms with van der Waals surface area (Å²) < 4.78 is 5.31. The van der Waals surface area contributed by atoms with E-state index in [1.54, 1.807) is 6.21 Å². The highest BCUT2D eigenvalue weighted by Crippen LogP contribution is 2.22. The fraction of sp³-hybridized carbons (Fsp3) is 0.615. The molecule has 0 aliphatic carbocycles. The summed E-state index contributed by atoms with van der Waals surface area (Å²) in [4.78, 5) is 16.1. The van der Waals surface area contributed by atoms with Crippen molar-refractivity contribution in [2.45, 2.75) is 88.1 Å². The van der Waals surface area contributed by atoms with Crippen molar-refractivity contribution in [3.05, 3.63) is 65.4 Å². The van der Waals surface area contributed by atoms with Crippen molar-refractivity contribution in [2.75, 3.05) is 73.1 Å². The molecular weight excluding hydrogens is 596 g/mol. The number of hydrazone groups is 1. The van der Waals surface area contributed by atoms with E-state index in [-0.39, 0.29) is 0 Å². The highest BCUT2D eigenvalue weighted by Gasteiger charge is 2.14. The summed E-state index contributed by atoms with van der Waals surface area (Å²) in [6.45, 7) is 28.5. The van der Waals surface area contributed by atoms with Crippen LogP contribution in [0.5, 0.6) is 0 Å². The Kier molecular flexibility index (Phi) is 27.2. The maximum absolute atomic E-state index is 6.05. The van der Waals surface area contributed by atoms with Crippen molar-refractivity contribution < 1.29 is 4.74 Å². The van der Waals surface area contributed by atoms with Crippen molar-refractivity contribution in [3.8, 4) is 0 Å². The average Bonchev–Trinajstić information content (AvgIpc) is 3.36. The van der Waals surface area contributed by atoms with Gasteiger partial charge in [-0.2, -0.15) is 10.2 Å². The molecule has 2 aliphatic heterocycles. The summed E-state index contributed by atoms with van der Waals surface area (Å²) in [5, 5.41) is 5.64. The van der Waals surface area contributed by atoms with Crippen LogP contribution in [0.1, 0.15) is 92.7 Å². The lowest BCUT2D eigenvalue weighted by molar-refractivity contribution is 0.113. The van der Waals surface area contributed by atoms with Crippen LogP contribution in [0.3, 0.4) is 0 Å². The number of piperazine rings is 1. The van der Waals surface area contributed by atoms with Gasteiger partial charge in [0.2, 0.25) is 0 Å². The summed E-state index contributed by atoms with van der Waals surface area (Å²) in [7, 11) is 4.30. The molecule has 0 aromatic heterocycles. The van der Waals surface area contributed by atoms with E-state index in [2.05, 4.69) is 114 Å². The predicted octanol–water partition coefficient (Wildman–Crippen LogP) is 7.53. The number of likely N-dealkylation sites (N-methyl/N-ethyl adjacent to an activating group) is 2. The quantitative estimate of drug-likeness (QED) is 0.0552. The van der Waals surface area contributed by atoms with Gasteiger partial charge >= 0.3 is 0 Å². The molecule has 0 spiro atoms. The molecular formula is C39H70N8O. The number of hydrazine groups is 1. The molecule has 0 amide bonds. The lowest BCUT2D eigenvalue weighted by atomic mass is 10.00. The van der Waals surface area contributed by atoms with Crippen LogP contribution in [0.25, 0.3) is 5.57 Å². The molecule has 1 saturated heterocycles. The van der Waals surface area contributed by atoms with Crippen LogP contribution < -0.4 is 5.84 Å².